The van der Waals surface area contributed by atoms with Crippen LogP contribution in [0.15, 0.2) is 12.3 Å². The Labute approximate surface area is 112 Å². The number of aromatic nitrogens is 1. The third-order valence-corrected chi connectivity index (χ3v) is 3.51. The molecule has 1 fully saturated rings. The second-order valence-electron chi connectivity index (χ2n) is 5.07. The zero-order valence-corrected chi connectivity index (χ0v) is 11.2. The number of nitrogens with two attached hydrogens (primary N) is 1. The smallest absolute Gasteiger partial charge is 0.340 e. The van der Waals surface area contributed by atoms with Crippen LogP contribution in [0.3, 0.4) is 0 Å². The molecular weight excluding hydrogens is 246 g/mol. The summed E-state index contributed by atoms with van der Waals surface area (Å²) >= 11 is 0. The van der Waals surface area contributed by atoms with Gasteiger partial charge in [-0.05, 0) is 25.8 Å². The highest BCUT2D eigenvalue weighted by molar-refractivity contribution is 5.97. The van der Waals surface area contributed by atoms with Gasteiger partial charge in [-0.1, -0.05) is 0 Å². The number of piperidine rings is 1. The summed E-state index contributed by atoms with van der Waals surface area (Å²) in [4.78, 5) is 17.8. The number of methoxy groups -OCH3 is 1. The first-order chi connectivity index (χ1) is 8.94. The third kappa shape index (κ3) is 2.78. The Morgan fingerprint density at radius 3 is 2.74 bits per heavy atom. The molecule has 19 heavy (non-hydrogen) atoms. The van der Waals surface area contributed by atoms with Gasteiger partial charge in [0, 0.05) is 19.3 Å². The maximum absolute atomic E-state index is 11.6. The van der Waals surface area contributed by atoms with E-state index in [0.717, 1.165) is 0 Å². The molecule has 1 aromatic heterocycles. The summed E-state index contributed by atoms with van der Waals surface area (Å²) in [5, 5.41) is 9.94. The fourth-order valence-electron chi connectivity index (χ4n) is 2.20. The molecule has 1 aliphatic heterocycles. The van der Waals surface area contributed by atoms with Crippen molar-refractivity contribution in [1.29, 1.82) is 0 Å². The van der Waals surface area contributed by atoms with Crippen LogP contribution in [-0.4, -0.2) is 41.9 Å². The lowest BCUT2D eigenvalue weighted by Gasteiger charge is -2.36. The Bertz CT molecular complexity index is 478. The van der Waals surface area contributed by atoms with Gasteiger partial charge in [0.1, 0.15) is 0 Å². The fourth-order valence-corrected chi connectivity index (χ4v) is 2.20. The molecular formula is C13H19N3O3. The first kappa shape index (κ1) is 13.6. The van der Waals surface area contributed by atoms with Crippen molar-refractivity contribution in [2.75, 3.05) is 30.8 Å². The van der Waals surface area contributed by atoms with Crippen LogP contribution in [0.2, 0.25) is 0 Å². The summed E-state index contributed by atoms with van der Waals surface area (Å²) < 4.78 is 4.69. The van der Waals surface area contributed by atoms with Crippen LogP contribution in [0.1, 0.15) is 30.1 Å². The van der Waals surface area contributed by atoms with Crippen molar-refractivity contribution in [2.45, 2.75) is 25.4 Å². The maximum Gasteiger partial charge on any atom is 0.340 e. The lowest BCUT2D eigenvalue weighted by molar-refractivity contribution is 0.0350. The Hall–Kier alpha value is -1.82. The molecule has 0 aliphatic carbocycles. The van der Waals surface area contributed by atoms with E-state index in [1.165, 1.54) is 7.11 Å². The number of nitrogen functional groups attached to an aromatic ring is 1. The lowest BCUT2D eigenvalue weighted by Crippen LogP contribution is -2.43. The second-order valence-corrected chi connectivity index (χ2v) is 5.07. The van der Waals surface area contributed by atoms with Crippen molar-refractivity contribution >= 4 is 17.5 Å². The summed E-state index contributed by atoms with van der Waals surface area (Å²) in [6.07, 6.45) is 2.85. The van der Waals surface area contributed by atoms with E-state index in [4.69, 9.17) is 5.73 Å². The molecule has 0 unspecified atom stereocenters. The van der Waals surface area contributed by atoms with Crippen LogP contribution in [0.4, 0.5) is 11.5 Å². The molecule has 1 saturated heterocycles. The zero-order chi connectivity index (χ0) is 14.0. The number of rotatable bonds is 2. The highest BCUT2D eigenvalue weighted by Crippen LogP contribution is 2.29. The van der Waals surface area contributed by atoms with Crippen LogP contribution in [0.5, 0.6) is 0 Å². The summed E-state index contributed by atoms with van der Waals surface area (Å²) in [6, 6.07) is 1.55. The molecule has 0 saturated carbocycles. The van der Waals surface area contributed by atoms with Gasteiger partial charge in [0.15, 0.2) is 5.82 Å². The van der Waals surface area contributed by atoms with Gasteiger partial charge in [0.25, 0.3) is 0 Å². The van der Waals surface area contributed by atoms with Gasteiger partial charge in [0.2, 0.25) is 0 Å². The number of nitrogens with zero attached hydrogens (tertiary/aromatic N) is 2. The lowest BCUT2D eigenvalue weighted by atomic mass is 9.94. The van der Waals surface area contributed by atoms with Crippen LogP contribution in [0, 0.1) is 0 Å². The van der Waals surface area contributed by atoms with E-state index in [0.29, 0.717) is 43.0 Å². The maximum atomic E-state index is 11.6. The molecule has 6 heteroatoms. The van der Waals surface area contributed by atoms with Crippen molar-refractivity contribution in [1.82, 2.24) is 4.98 Å². The molecule has 0 amide bonds. The largest absolute Gasteiger partial charge is 0.465 e. The fraction of sp³-hybridized carbons (Fsp3) is 0.538. The number of anilines is 2. The molecule has 0 spiro atoms. The van der Waals surface area contributed by atoms with E-state index >= 15 is 0 Å². The van der Waals surface area contributed by atoms with Crippen LogP contribution in [-0.2, 0) is 4.74 Å². The molecule has 2 heterocycles. The van der Waals surface area contributed by atoms with Gasteiger partial charge < -0.3 is 20.5 Å². The highest BCUT2D eigenvalue weighted by atomic mass is 16.5. The predicted octanol–water partition coefficient (Wildman–Crippen LogP) is 0.802. The van der Waals surface area contributed by atoms with E-state index in [2.05, 4.69) is 9.72 Å². The molecule has 0 aromatic carbocycles. The average molecular weight is 265 g/mol. The molecule has 104 valence electrons. The Kier molecular flexibility index (Phi) is 3.61. The summed E-state index contributed by atoms with van der Waals surface area (Å²) in [5.41, 5.74) is 6.01. The van der Waals surface area contributed by atoms with Gasteiger partial charge >= 0.3 is 5.97 Å². The molecule has 0 atom stereocenters. The average Bonchev–Trinajstić information content (AvgIpc) is 2.39. The van der Waals surface area contributed by atoms with Crippen LogP contribution in [0.25, 0.3) is 0 Å². The van der Waals surface area contributed by atoms with Crippen LogP contribution >= 0.6 is 0 Å². The van der Waals surface area contributed by atoms with Crippen molar-refractivity contribution in [2.24, 2.45) is 0 Å². The number of hydrogen-bond donors (Lipinski definition) is 2. The van der Waals surface area contributed by atoms with Crippen molar-refractivity contribution in [3.8, 4) is 0 Å². The van der Waals surface area contributed by atoms with Gasteiger partial charge in [-0.3, -0.25) is 0 Å². The molecule has 0 bridgehead atoms. The number of pyridine rings is 1. The zero-order valence-electron chi connectivity index (χ0n) is 11.2. The molecule has 0 radical (unpaired) electrons. The highest BCUT2D eigenvalue weighted by Gasteiger charge is 2.29. The quantitative estimate of drug-likeness (QED) is 0.769. The molecule has 1 aromatic rings. The van der Waals surface area contributed by atoms with E-state index < -0.39 is 11.6 Å². The number of hydrogen-bond acceptors (Lipinski definition) is 6. The standard InChI is InChI=1S/C13H19N3O3/c1-13(18)4-7-16(8-5-13)11-10(14)9(3-6-15-11)12(17)19-2/h3,6,18H,4-5,7-8,14H2,1-2H3. The van der Waals surface area contributed by atoms with Crippen molar-refractivity contribution in [3.05, 3.63) is 17.8 Å². The minimum absolute atomic E-state index is 0.324. The number of ether oxygens (including phenoxy) is 1. The Balaban J connectivity index is 2.24. The van der Waals surface area contributed by atoms with Crippen molar-refractivity contribution in [3.63, 3.8) is 0 Å². The third-order valence-electron chi connectivity index (χ3n) is 3.51. The van der Waals surface area contributed by atoms with Crippen molar-refractivity contribution < 1.29 is 14.6 Å². The van der Waals surface area contributed by atoms with E-state index in [1.807, 2.05) is 11.8 Å². The molecule has 3 N–H and O–H groups in total. The minimum Gasteiger partial charge on any atom is -0.465 e. The minimum atomic E-state index is -0.634. The molecule has 2 rings (SSSR count). The topological polar surface area (TPSA) is 88.7 Å². The van der Waals surface area contributed by atoms with E-state index in [1.54, 1.807) is 12.3 Å². The second kappa shape index (κ2) is 5.05. The number of esters is 1. The Morgan fingerprint density at radius 1 is 1.53 bits per heavy atom. The number of aliphatic hydroxyl groups is 1. The van der Waals surface area contributed by atoms with Gasteiger partial charge in [-0.15, -0.1) is 0 Å². The number of carbonyl (C=O) groups excluding carboxylic acids is 1. The normalized spacial score (nSPS) is 18.2. The first-order valence-corrected chi connectivity index (χ1v) is 6.25. The molecule has 6 nitrogen and oxygen atoms in total. The predicted molar refractivity (Wildman–Crippen MR) is 72.1 cm³/mol. The number of carbonyl (C=O) groups is 1. The summed E-state index contributed by atoms with van der Waals surface area (Å²) in [7, 11) is 1.32. The summed E-state index contributed by atoms with van der Waals surface area (Å²) in [5.74, 6) is 0.114. The van der Waals surface area contributed by atoms with Gasteiger partial charge in [0.05, 0.1) is 24.0 Å². The van der Waals surface area contributed by atoms with Crippen LogP contribution < -0.4 is 10.6 Å². The SMILES string of the molecule is COC(=O)c1ccnc(N2CCC(C)(O)CC2)c1N. The summed E-state index contributed by atoms with van der Waals surface area (Å²) in [6.45, 7) is 3.15. The Morgan fingerprint density at radius 2 is 2.16 bits per heavy atom. The van der Waals surface area contributed by atoms with E-state index in [9.17, 15) is 9.90 Å². The molecule has 1 aliphatic rings. The first-order valence-electron chi connectivity index (χ1n) is 6.25. The van der Waals surface area contributed by atoms with Gasteiger partial charge in [-0.2, -0.15) is 0 Å². The monoisotopic (exact) mass is 265 g/mol. The van der Waals surface area contributed by atoms with E-state index in [-0.39, 0.29) is 0 Å². The van der Waals surface area contributed by atoms with Gasteiger partial charge in [-0.25, -0.2) is 9.78 Å².